The first-order chi connectivity index (χ1) is 16.1. The summed E-state index contributed by atoms with van der Waals surface area (Å²) in [7, 11) is 0. The summed E-state index contributed by atoms with van der Waals surface area (Å²) in [6, 6.07) is 23.4. The quantitative estimate of drug-likeness (QED) is 0.284. The summed E-state index contributed by atoms with van der Waals surface area (Å²) in [5, 5.41) is 0. The molecule has 0 unspecified atom stereocenters. The van der Waals surface area contributed by atoms with Gasteiger partial charge in [-0.3, -0.25) is 9.97 Å². The third-order valence-corrected chi connectivity index (χ3v) is 4.75. The summed E-state index contributed by atoms with van der Waals surface area (Å²) >= 11 is 0. The minimum absolute atomic E-state index is 0.619. The van der Waals surface area contributed by atoms with Crippen LogP contribution in [0.1, 0.15) is 17.0 Å². The van der Waals surface area contributed by atoms with Crippen LogP contribution in [0.4, 0.5) is 0 Å². The lowest BCUT2D eigenvalue weighted by Crippen LogP contribution is -1.82. The van der Waals surface area contributed by atoms with Gasteiger partial charge in [-0.2, -0.15) is 0 Å². The minimum atomic E-state index is 0.619. The summed E-state index contributed by atoms with van der Waals surface area (Å²) in [5.41, 5.74) is 7.62. The van der Waals surface area contributed by atoms with Gasteiger partial charge in [0.2, 0.25) is 5.89 Å². The van der Waals surface area contributed by atoms with Crippen molar-refractivity contribution in [3.8, 4) is 11.5 Å². The maximum absolute atomic E-state index is 5.64. The highest BCUT2D eigenvalue weighted by Gasteiger charge is 2.07. The monoisotopic (exact) mass is 436 g/mol. The smallest absolute Gasteiger partial charge is 0.228 e. The second-order valence-electron chi connectivity index (χ2n) is 7.47. The molecule has 33 heavy (non-hydrogen) atoms. The number of aryl methyl sites for hydroxylation is 3. The number of fused-ring (bicyclic) bond motifs is 2. The van der Waals surface area contributed by atoms with Crippen LogP contribution in [-0.2, 0) is 0 Å². The zero-order valence-corrected chi connectivity index (χ0v) is 18.8. The highest BCUT2D eigenvalue weighted by molar-refractivity contribution is 5.75. The topological polar surface area (TPSA) is 77.8 Å². The van der Waals surface area contributed by atoms with Crippen LogP contribution in [0.5, 0.6) is 0 Å². The fraction of sp³-hybridized carbons (Fsp3) is 0.111. The van der Waals surface area contributed by atoms with Gasteiger partial charge >= 0.3 is 0 Å². The predicted octanol–water partition coefficient (Wildman–Crippen LogP) is 6.72. The van der Waals surface area contributed by atoms with Gasteiger partial charge in [-0.05, 0) is 68.8 Å². The third kappa shape index (κ3) is 5.89. The predicted molar refractivity (Wildman–Crippen MR) is 130 cm³/mol. The Balaban J connectivity index is 0.000000129. The van der Waals surface area contributed by atoms with Crippen LogP contribution in [0.25, 0.3) is 33.7 Å². The van der Waals surface area contributed by atoms with E-state index in [1.165, 1.54) is 12.0 Å². The van der Waals surface area contributed by atoms with Crippen LogP contribution >= 0.6 is 0 Å². The van der Waals surface area contributed by atoms with Gasteiger partial charge in [-0.15, -0.1) is 0 Å². The number of nitrogens with zero attached hydrogens (tertiary/aromatic N) is 4. The van der Waals surface area contributed by atoms with Crippen LogP contribution in [0, 0.1) is 20.8 Å². The maximum Gasteiger partial charge on any atom is 0.228 e. The third-order valence-electron chi connectivity index (χ3n) is 4.75. The molecule has 2 aromatic carbocycles. The normalized spacial score (nSPS) is 10.3. The zero-order valence-electron chi connectivity index (χ0n) is 18.8. The Hall–Kier alpha value is -4.32. The lowest BCUT2D eigenvalue weighted by atomic mass is 10.2. The van der Waals surface area contributed by atoms with E-state index >= 15 is 0 Å². The van der Waals surface area contributed by atoms with Gasteiger partial charge in [0.25, 0.3) is 0 Å². The molecule has 0 saturated carbocycles. The fourth-order valence-corrected chi connectivity index (χ4v) is 2.94. The summed E-state index contributed by atoms with van der Waals surface area (Å²) in [4.78, 5) is 16.7. The van der Waals surface area contributed by atoms with E-state index in [-0.39, 0.29) is 0 Å². The van der Waals surface area contributed by atoms with Crippen LogP contribution in [0.15, 0.2) is 100 Å². The molecule has 0 fully saturated rings. The molecule has 6 nitrogen and oxygen atoms in total. The largest absolute Gasteiger partial charge is 0.443 e. The number of hydrogen-bond acceptors (Lipinski definition) is 6. The molecule has 0 aliphatic heterocycles. The Labute approximate surface area is 192 Å². The summed E-state index contributed by atoms with van der Waals surface area (Å²) in [5.74, 6) is 0.619. The van der Waals surface area contributed by atoms with E-state index in [9.17, 15) is 0 Å². The molecule has 4 aromatic heterocycles. The lowest BCUT2D eigenvalue weighted by molar-refractivity contribution is 0.602. The second kappa shape index (κ2) is 10.3. The fourth-order valence-electron chi connectivity index (χ4n) is 2.94. The van der Waals surface area contributed by atoms with Gasteiger partial charge in [0.15, 0.2) is 17.6 Å². The molecule has 4 heterocycles. The number of benzene rings is 2. The van der Waals surface area contributed by atoms with Gasteiger partial charge in [0.05, 0.1) is 5.56 Å². The van der Waals surface area contributed by atoms with Crippen molar-refractivity contribution in [1.82, 2.24) is 19.9 Å². The van der Waals surface area contributed by atoms with Crippen molar-refractivity contribution < 1.29 is 8.83 Å². The molecule has 0 spiro atoms. The van der Waals surface area contributed by atoms with Gasteiger partial charge in [-0.1, -0.05) is 30.3 Å². The second-order valence-corrected chi connectivity index (χ2v) is 7.47. The number of para-hydroxylation sites is 4. The SMILES string of the molecule is Cc1ccc(-c2nc3ccccc3o2)cn1.Cc1ccc(C)nc1.c1ccc2ocnc2c1. The van der Waals surface area contributed by atoms with E-state index in [4.69, 9.17) is 8.83 Å². The lowest BCUT2D eigenvalue weighted by Gasteiger charge is -1.94. The summed E-state index contributed by atoms with van der Waals surface area (Å²) in [6.07, 6.45) is 5.10. The maximum atomic E-state index is 5.64. The van der Waals surface area contributed by atoms with Crippen molar-refractivity contribution in [2.75, 3.05) is 0 Å². The molecule has 0 N–H and O–H groups in total. The van der Waals surface area contributed by atoms with Crippen LogP contribution in [0.2, 0.25) is 0 Å². The Kier molecular flexibility index (Phi) is 6.85. The van der Waals surface area contributed by atoms with Gasteiger partial charge in [-0.25, -0.2) is 9.97 Å². The van der Waals surface area contributed by atoms with Crippen molar-refractivity contribution in [1.29, 1.82) is 0 Å². The van der Waals surface area contributed by atoms with E-state index in [2.05, 4.69) is 26.0 Å². The summed E-state index contributed by atoms with van der Waals surface area (Å²) in [6.45, 7) is 5.97. The number of oxazole rings is 2. The van der Waals surface area contributed by atoms with E-state index in [0.29, 0.717) is 5.89 Å². The average Bonchev–Trinajstić information content (AvgIpc) is 3.49. The first-order valence-electron chi connectivity index (χ1n) is 10.5. The first kappa shape index (κ1) is 21.9. The summed E-state index contributed by atoms with van der Waals surface area (Å²) < 4.78 is 10.6. The highest BCUT2D eigenvalue weighted by atomic mass is 16.3. The van der Waals surface area contributed by atoms with Crippen LogP contribution in [-0.4, -0.2) is 19.9 Å². The van der Waals surface area contributed by atoms with Crippen molar-refractivity contribution >= 4 is 22.2 Å². The Morgan fingerprint density at radius 2 is 1.27 bits per heavy atom. The molecule has 0 atom stereocenters. The number of pyridine rings is 2. The molecule has 0 radical (unpaired) electrons. The molecule has 164 valence electrons. The Morgan fingerprint density at radius 1 is 0.606 bits per heavy atom. The number of rotatable bonds is 1. The van der Waals surface area contributed by atoms with Crippen LogP contribution < -0.4 is 0 Å². The van der Waals surface area contributed by atoms with E-state index in [0.717, 1.165) is 39.2 Å². The van der Waals surface area contributed by atoms with Crippen molar-refractivity contribution in [3.05, 3.63) is 109 Å². The average molecular weight is 437 g/mol. The van der Waals surface area contributed by atoms with Gasteiger partial charge in [0, 0.05) is 23.8 Å². The van der Waals surface area contributed by atoms with Crippen molar-refractivity contribution in [3.63, 3.8) is 0 Å². The van der Waals surface area contributed by atoms with Crippen molar-refractivity contribution in [2.24, 2.45) is 0 Å². The first-order valence-corrected chi connectivity index (χ1v) is 10.5. The molecule has 0 amide bonds. The van der Waals surface area contributed by atoms with E-state index in [1.807, 2.05) is 93.7 Å². The molecule has 0 aliphatic carbocycles. The van der Waals surface area contributed by atoms with E-state index < -0.39 is 0 Å². The number of aromatic nitrogens is 4. The molecule has 0 bridgehead atoms. The molecule has 6 aromatic rings. The molecule has 0 saturated heterocycles. The Morgan fingerprint density at radius 3 is 1.88 bits per heavy atom. The van der Waals surface area contributed by atoms with Gasteiger partial charge < -0.3 is 8.83 Å². The number of hydrogen-bond donors (Lipinski definition) is 0. The molecular formula is C27H24N4O2. The van der Waals surface area contributed by atoms with Crippen LogP contribution in [0.3, 0.4) is 0 Å². The highest BCUT2D eigenvalue weighted by Crippen LogP contribution is 2.23. The minimum Gasteiger partial charge on any atom is -0.443 e. The molecule has 6 rings (SSSR count). The molecule has 0 aliphatic rings. The zero-order chi connectivity index (χ0) is 23.0. The van der Waals surface area contributed by atoms with E-state index in [1.54, 1.807) is 6.20 Å². The Bertz CT molecular complexity index is 1350. The molecule has 6 heteroatoms. The van der Waals surface area contributed by atoms with Crippen molar-refractivity contribution in [2.45, 2.75) is 20.8 Å². The standard InChI is InChI=1S/C13H10N2O.C7H5NO.C7H9N/c1-9-6-7-10(8-14-9)13-15-11-4-2-3-5-12(11)16-13;1-2-4-7-6(3-1)8-5-9-7;1-6-3-4-7(2)8-5-6/h2-8H,1H3;1-5H;3-5H,1-2H3. The molecular weight excluding hydrogens is 412 g/mol. The van der Waals surface area contributed by atoms with Gasteiger partial charge in [0.1, 0.15) is 11.0 Å².